The lowest BCUT2D eigenvalue weighted by atomic mass is 10.1. The molecule has 1 aromatic carbocycles. The largest absolute Gasteiger partial charge is 0.495 e. The van der Waals surface area contributed by atoms with Gasteiger partial charge in [-0.2, -0.15) is 5.10 Å². The number of benzene rings is 1. The number of ether oxygens (including phenoxy) is 2. The topological polar surface area (TPSA) is 82.0 Å². The minimum absolute atomic E-state index is 0.406. The smallest absolute Gasteiger partial charge is 0.338 e. The quantitative estimate of drug-likeness (QED) is 0.561. The van der Waals surface area contributed by atoms with Gasteiger partial charge >= 0.3 is 5.97 Å². The van der Waals surface area contributed by atoms with Crippen LogP contribution in [0.2, 0.25) is 0 Å². The molecule has 27 heavy (non-hydrogen) atoms. The Bertz CT molecular complexity index is 1170. The molecule has 0 amide bonds. The lowest BCUT2D eigenvalue weighted by Gasteiger charge is -2.05. The number of esters is 1. The van der Waals surface area contributed by atoms with Gasteiger partial charge in [0.05, 0.1) is 47.9 Å². The van der Waals surface area contributed by atoms with Crippen LogP contribution in [0.5, 0.6) is 5.75 Å². The molecule has 4 rings (SSSR count). The molecule has 0 aliphatic carbocycles. The van der Waals surface area contributed by atoms with E-state index in [1.54, 1.807) is 19.2 Å². The first-order valence-electron chi connectivity index (χ1n) is 8.66. The molecule has 0 bridgehead atoms. The van der Waals surface area contributed by atoms with Gasteiger partial charge in [-0.1, -0.05) is 6.92 Å². The maximum absolute atomic E-state index is 12.0. The van der Waals surface area contributed by atoms with E-state index in [-0.39, 0.29) is 0 Å². The summed E-state index contributed by atoms with van der Waals surface area (Å²) in [7, 11) is 4.85. The van der Waals surface area contributed by atoms with Crippen LogP contribution in [0.15, 0.2) is 30.5 Å². The van der Waals surface area contributed by atoms with E-state index in [9.17, 15) is 4.79 Å². The molecule has 0 aliphatic rings. The van der Waals surface area contributed by atoms with E-state index in [1.165, 1.54) is 7.11 Å². The van der Waals surface area contributed by atoms with Crippen molar-refractivity contribution >= 4 is 27.8 Å². The SMILES string of the molecule is CCc1cc(-c2cc3[nH]c4c(OC)cc(C(=O)OC)cc4c3cn2)n(C)n1. The monoisotopic (exact) mass is 364 g/mol. The lowest BCUT2D eigenvalue weighted by Crippen LogP contribution is -2.01. The Labute approximate surface area is 155 Å². The van der Waals surface area contributed by atoms with Crippen LogP contribution in [0.25, 0.3) is 33.2 Å². The third kappa shape index (κ3) is 2.71. The molecule has 1 N–H and O–H groups in total. The molecule has 7 nitrogen and oxygen atoms in total. The summed E-state index contributed by atoms with van der Waals surface area (Å²) < 4.78 is 12.2. The van der Waals surface area contributed by atoms with Crippen molar-refractivity contribution in [3.8, 4) is 17.1 Å². The summed E-state index contributed by atoms with van der Waals surface area (Å²) in [5, 5.41) is 6.27. The number of fused-ring (bicyclic) bond motifs is 3. The van der Waals surface area contributed by atoms with Crippen molar-refractivity contribution in [1.82, 2.24) is 19.7 Å². The summed E-state index contributed by atoms with van der Waals surface area (Å²) in [4.78, 5) is 20.0. The van der Waals surface area contributed by atoms with E-state index >= 15 is 0 Å². The molecule has 0 aliphatic heterocycles. The Morgan fingerprint density at radius 2 is 2.00 bits per heavy atom. The van der Waals surface area contributed by atoms with Gasteiger partial charge < -0.3 is 14.5 Å². The molecule has 0 unspecified atom stereocenters. The van der Waals surface area contributed by atoms with Crippen molar-refractivity contribution < 1.29 is 14.3 Å². The predicted molar refractivity (Wildman–Crippen MR) is 103 cm³/mol. The number of nitrogens with zero attached hydrogens (tertiary/aromatic N) is 3. The van der Waals surface area contributed by atoms with Gasteiger partial charge in [-0.3, -0.25) is 9.67 Å². The summed E-state index contributed by atoms with van der Waals surface area (Å²) in [6.45, 7) is 2.08. The molecule has 3 aromatic heterocycles. The van der Waals surface area contributed by atoms with Gasteiger partial charge in [0.15, 0.2) is 0 Å². The summed E-state index contributed by atoms with van der Waals surface area (Å²) in [5.41, 5.74) is 4.97. The van der Waals surface area contributed by atoms with Gasteiger partial charge in [0.2, 0.25) is 0 Å². The van der Waals surface area contributed by atoms with Gasteiger partial charge in [-0.05, 0) is 30.7 Å². The Morgan fingerprint density at radius 3 is 2.67 bits per heavy atom. The molecule has 0 spiro atoms. The van der Waals surface area contributed by atoms with Gasteiger partial charge in [-0.25, -0.2) is 4.79 Å². The van der Waals surface area contributed by atoms with Crippen molar-refractivity contribution in [1.29, 1.82) is 0 Å². The maximum atomic E-state index is 12.0. The number of rotatable bonds is 4. The fraction of sp³-hybridized carbons (Fsp3) is 0.250. The number of aromatic nitrogens is 4. The number of hydrogen-bond donors (Lipinski definition) is 1. The first kappa shape index (κ1) is 17.1. The Balaban J connectivity index is 1.93. The summed E-state index contributed by atoms with van der Waals surface area (Å²) in [5.74, 6) is 0.176. The van der Waals surface area contributed by atoms with E-state index in [0.29, 0.717) is 11.3 Å². The number of carbonyl (C=O) groups excluding carboxylic acids is 1. The minimum Gasteiger partial charge on any atom is -0.495 e. The van der Waals surface area contributed by atoms with Gasteiger partial charge in [0.25, 0.3) is 0 Å². The number of H-pyrrole nitrogens is 1. The maximum Gasteiger partial charge on any atom is 0.338 e. The zero-order chi connectivity index (χ0) is 19.1. The van der Waals surface area contributed by atoms with Crippen molar-refractivity contribution in [2.75, 3.05) is 14.2 Å². The van der Waals surface area contributed by atoms with Crippen molar-refractivity contribution in [2.24, 2.45) is 7.05 Å². The Morgan fingerprint density at radius 1 is 1.19 bits per heavy atom. The second-order valence-corrected chi connectivity index (χ2v) is 6.33. The van der Waals surface area contributed by atoms with Crippen LogP contribution in [0.3, 0.4) is 0 Å². The molecule has 138 valence electrons. The minimum atomic E-state index is -0.406. The molecule has 0 atom stereocenters. The molecular formula is C20H20N4O3. The highest BCUT2D eigenvalue weighted by molar-refractivity contribution is 6.11. The fourth-order valence-electron chi connectivity index (χ4n) is 3.34. The number of methoxy groups -OCH3 is 2. The third-order valence-corrected chi connectivity index (χ3v) is 4.75. The first-order valence-corrected chi connectivity index (χ1v) is 8.66. The Hall–Kier alpha value is -3.35. The highest BCUT2D eigenvalue weighted by Crippen LogP contribution is 2.34. The van der Waals surface area contributed by atoms with Crippen molar-refractivity contribution in [3.63, 3.8) is 0 Å². The van der Waals surface area contributed by atoms with E-state index in [0.717, 1.165) is 45.3 Å². The third-order valence-electron chi connectivity index (χ3n) is 4.75. The van der Waals surface area contributed by atoms with E-state index in [4.69, 9.17) is 9.47 Å². The number of aromatic amines is 1. The van der Waals surface area contributed by atoms with Crippen molar-refractivity contribution in [3.05, 3.63) is 41.7 Å². The number of hydrogen-bond acceptors (Lipinski definition) is 5. The van der Waals surface area contributed by atoms with Gasteiger partial charge in [0.1, 0.15) is 5.75 Å². The molecule has 0 saturated heterocycles. The van der Waals surface area contributed by atoms with Gasteiger partial charge in [0, 0.05) is 24.0 Å². The zero-order valence-corrected chi connectivity index (χ0v) is 15.7. The second-order valence-electron chi connectivity index (χ2n) is 6.33. The second kappa shape index (κ2) is 6.42. The van der Waals surface area contributed by atoms with Crippen LogP contribution in [0, 0.1) is 0 Å². The van der Waals surface area contributed by atoms with E-state index in [2.05, 4.69) is 22.0 Å². The molecule has 0 radical (unpaired) electrons. The van der Waals surface area contributed by atoms with Crippen LogP contribution in [0.1, 0.15) is 23.0 Å². The first-order chi connectivity index (χ1) is 13.0. The Kier molecular flexibility index (Phi) is 4.07. The van der Waals surface area contributed by atoms with E-state index in [1.807, 2.05) is 30.1 Å². The highest BCUT2D eigenvalue weighted by atomic mass is 16.5. The fourth-order valence-corrected chi connectivity index (χ4v) is 3.34. The molecular weight excluding hydrogens is 344 g/mol. The highest BCUT2D eigenvalue weighted by Gasteiger charge is 2.16. The number of pyridine rings is 1. The molecule has 4 aromatic rings. The average molecular weight is 364 g/mol. The van der Waals surface area contributed by atoms with Crippen LogP contribution in [0.4, 0.5) is 0 Å². The number of carbonyl (C=O) groups is 1. The van der Waals surface area contributed by atoms with Crippen LogP contribution >= 0.6 is 0 Å². The van der Waals surface area contributed by atoms with Crippen LogP contribution in [-0.4, -0.2) is 39.9 Å². The summed E-state index contributed by atoms with van der Waals surface area (Å²) in [6, 6.07) is 7.51. The lowest BCUT2D eigenvalue weighted by molar-refractivity contribution is 0.0600. The van der Waals surface area contributed by atoms with E-state index < -0.39 is 5.97 Å². The summed E-state index contributed by atoms with van der Waals surface area (Å²) >= 11 is 0. The number of nitrogens with one attached hydrogen (secondary N) is 1. The standard InChI is InChI=1S/C20H20N4O3/c1-5-12-8-17(24(2)23-12)16-9-15-14(10-21-16)13-6-11(20(25)27-4)7-18(26-3)19(13)22-15/h6-10,22H,5H2,1-4H3. The van der Waals surface area contributed by atoms with Crippen molar-refractivity contribution in [2.45, 2.75) is 13.3 Å². The normalized spacial score (nSPS) is 11.3. The molecule has 7 heteroatoms. The predicted octanol–water partition coefficient (Wildman–Crippen LogP) is 3.47. The van der Waals surface area contributed by atoms with Crippen LogP contribution in [-0.2, 0) is 18.2 Å². The number of aryl methyl sites for hydroxylation is 2. The molecule has 0 saturated carbocycles. The zero-order valence-electron chi connectivity index (χ0n) is 15.7. The van der Waals surface area contributed by atoms with Crippen LogP contribution < -0.4 is 4.74 Å². The van der Waals surface area contributed by atoms with Gasteiger partial charge in [-0.15, -0.1) is 0 Å². The average Bonchev–Trinajstić information content (AvgIpc) is 3.25. The summed E-state index contributed by atoms with van der Waals surface area (Å²) in [6.07, 6.45) is 2.68. The molecule has 0 fully saturated rings. The molecule has 3 heterocycles.